The fourth-order valence-corrected chi connectivity index (χ4v) is 3.33. The van der Waals surface area contributed by atoms with Crippen molar-refractivity contribution in [2.24, 2.45) is 0 Å². The second-order valence-electron chi connectivity index (χ2n) is 5.41. The number of benzene rings is 2. The van der Waals surface area contributed by atoms with Crippen LogP contribution < -0.4 is 14.8 Å². The summed E-state index contributed by atoms with van der Waals surface area (Å²) in [5.41, 5.74) is 1.56. The molecule has 6 nitrogen and oxygen atoms in total. The molecule has 0 unspecified atom stereocenters. The first-order valence-corrected chi connectivity index (χ1v) is 9.73. The summed E-state index contributed by atoms with van der Waals surface area (Å²) in [5.74, 6) is 0.536. The lowest BCUT2D eigenvalue weighted by atomic mass is 10.2. The molecule has 7 heteroatoms. The van der Waals surface area contributed by atoms with Crippen LogP contribution in [0.2, 0.25) is 0 Å². The van der Waals surface area contributed by atoms with Crippen LogP contribution in [0, 0.1) is 0 Å². The number of hydrogen-bond acceptors (Lipinski definition) is 4. The summed E-state index contributed by atoms with van der Waals surface area (Å²) >= 11 is 0. The molecular formula is C18H22N2O4S. The van der Waals surface area contributed by atoms with Crippen LogP contribution in [0.15, 0.2) is 48.5 Å². The summed E-state index contributed by atoms with van der Waals surface area (Å²) in [5, 5.41) is 2.77. The average Bonchev–Trinajstić information content (AvgIpc) is 2.57. The Hall–Kier alpha value is -2.54. The van der Waals surface area contributed by atoms with E-state index in [1.807, 2.05) is 6.92 Å². The molecule has 2 aromatic carbocycles. The van der Waals surface area contributed by atoms with Gasteiger partial charge in [-0.3, -0.25) is 9.52 Å². The van der Waals surface area contributed by atoms with E-state index in [-0.39, 0.29) is 11.7 Å². The van der Waals surface area contributed by atoms with Crippen molar-refractivity contribution in [3.8, 4) is 5.75 Å². The van der Waals surface area contributed by atoms with E-state index >= 15 is 0 Å². The highest BCUT2D eigenvalue weighted by Gasteiger charge is 2.09. The molecule has 0 atom stereocenters. The van der Waals surface area contributed by atoms with Crippen LogP contribution in [0.5, 0.6) is 5.75 Å². The molecule has 0 fully saturated rings. The smallest absolute Gasteiger partial charge is 0.255 e. The molecule has 0 heterocycles. The second kappa shape index (κ2) is 8.53. The second-order valence-corrected chi connectivity index (χ2v) is 7.25. The minimum Gasteiger partial charge on any atom is -0.494 e. The predicted molar refractivity (Wildman–Crippen MR) is 99.7 cm³/mol. The van der Waals surface area contributed by atoms with Gasteiger partial charge in [0.05, 0.1) is 12.4 Å². The Morgan fingerprint density at radius 2 is 1.56 bits per heavy atom. The Bertz CT molecular complexity index is 800. The SMILES string of the molecule is CCCS(=O)(=O)Nc1ccc(NC(=O)c2ccc(OCC)cc2)cc1. The number of nitrogens with one attached hydrogen (secondary N) is 2. The Kier molecular flexibility index (Phi) is 6.41. The lowest BCUT2D eigenvalue weighted by Crippen LogP contribution is -2.16. The van der Waals surface area contributed by atoms with Crippen LogP contribution in [0.1, 0.15) is 30.6 Å². The van der Waals surface area contributed by atoms with Gasteiger partial charge < -0.3 is 10.1 Å². The standard InChI is InChI=1S/C18H22N2O4S/c1-3-13-25(22,23)20-16-9-7-15(8-10-16)19-18(21)14-5-11-17(12-6-14)24-4-2/h5-12,20H,3-4,13H2,1-2H3,(H,19,21). The lowest BCUT2D eigenvalue weighted by molar-refractivity contribution is 0.102. The fraction of sp³-hybridized carbons (Fsp3) is 0.278. The van der Waals surface area contributed by atoms with Gasteiger partial charge in [0.2, 0.25) is 10.0 Å². The first-order valence-electron chi connectivity index (χ1n) is 8.08. The number of rotatable bonds is 8. The quantitative estimate of drug-likeness (QED) is 0.753. The van der Waals surface area contributed by atoms with Crippen molar-refractivity contribution >= 4 is 27.3 Å². The minimum atomic E-state index is -3.32. The van der Waals surface area contributed by atoms with Gasteiger partial charge in [-0.1, -0.05) is 6.92 Å². The van der Waals surface area contributed by atoms with Crippen molar-refractivity contribution in [1.82, 2.24) is 0 Å². The van der Waals surface area contributed by atoms with E-state index in [0.29, 0.717) is 35.7 Å². The lowest BCUT2D eigenvalue weighted by Gasteiger charge is -2.09. The molecule has 0 saturated carbocycles. The van der Waals surface area contributed by atoms with E-state index in [1.54, 1.807) is 55.5 Å². The third-order valence-corrected chi connectivity index (χ3v) is 4.81. The summed E-state index contributed by atoms with van der Waals surface area (Å²) < 4.78 is 31.3. The van der Waals surface area contributed by atoms with Crippen molar-refractivity contribution in [2.45, 2.75) is 20.3 Å². The highest BCUT2D eigenvalue weighted by molar-refractivity contribution is 7.92. The number of amides is 1. The molecule has 0 aromatic heterocycles. The number of sulfonamides is 1. The van der Waals surface area contributed by atoms with Crippen LogP contribution in [0.3, 0.4) is 0 Å². The van der Waals surface area contributed by atoms with Crippen LogP contribution in [0.25, 0.3) is 0 Å². The fourth-order valence-electron chi connectivity index (χ4n) is 2.19. The normalized spacial score (nSPS) is 11.0. The summed E-state index contributed by atoms with van der Waals surface area (Å²) in [6.45, 7) is 4.27. The Morgan fingerprint density at radius 3 is 2.12 bits per heavy atom. The molecular weight excluding hydrogens is 340 g/mol. The Balaban J connectivity index is 1.99. The maximum Gasteiger partial charge on any atom is 0.255 e. The summed E-state index contributed by atoms with van der Waals surface area (Å²) in [4.78, 5) is 12.2. The van der Waals surface area contributed by atoms with Crippen molar-refractivity contribution in [1.29, 1.82) is 0 Å². The first-order chi connectivity index (χ1) is 11.9. The molecule has 0 aliphatic carbocycles. The summed E-state index contributed by atoms with van der Waals surface area (Å²) in [6, 6.07) is 13.4. The number of ether oxygens (including phenoxy) is 1. The average molecular weight is 362 g/mol. The van der Waals surface area contributed by atoms with Crippen LogP contribution in [-0.2, 0) is 10.0 Å². The molecule has 0 spiro atoms. The van der Waals surface area contributed by atoms with Gasteiger partial charge in [-0.25, -0.2) is 8.42 Å². The van der Waals surface area contributed by atoms with E-state index in [1.165, 1.54) is 0 Å². The molecule has 134 valence electrons. The van der Waals surface area contributed by atoms with Gasteiger partial charge in [0.25, 0.3) is 5.91 Å². The molecule has 0 bridgehead atoms. The van der Waals surface area contributed by atoms with Crippen LogP contribution >= 0.6 is 0 Å². The van der Waals surface area contributed by atoms with Gasteiger partial charge in [-0.15, -0.1) is 0 Å². The Labute approximate surface area is 148 Å². The zero-order valence-electron chi connectivity index (χ0n) is 14.3. The van der Waals surface area contributed by atoms with E-state index in [2.05, 4.69) is 10.0 Å². The zero-order valence-corrected chi connectivity index (χ0v) is 15.1. The van der Waals surface area contributed by atoms with Crippen molar-refractivity contribution in [2.75, 3.05) is 22.4 Å². The molecule has 0 aliphatic heterocycles. The van der Waals surface area contributed by atoms with E-state index in [4.69, 9.17) is 4.74 Å². The van der Waals surface area contributed by atoms with Gasteiger partial charge in [-0.05, 0) is 61.9 Å². The highest BCUT2D eigenvalue weighted by Crippen LogP contribution is 2.17. The molecule has 25 heavy (non-hydrogen) atoms. The number of carbonyl (C=O) groups excluding carboxylic acids is 1. The van der Waals surface area contributed by atoms with Crippen molar-refractivity contribution in [3.05, 3.63) is 54.1 Å². The molecule has 2 aromatic rings. The summed E-state index contributed by atoms with van der Waals surface area (Å²) in [7, 11) is -3.32. The molecule has 2 N–H and O–H groups in total. The van der Waals surface area contributed by atoms with Gasteiger partial charge in [0.1, 0.15) is 5.75 Å². The highest BCUT2D eigenvalue weighted by atomic mass is 32.2. The van der Waals surface area contributed by atoms with Crippen molar-refractivity contribution < 1.29 is 17.9 Å². The van der Waals surface area contributed by atoms with Gasteiger partial charge >= 0.3 is 0 Å². The number of carbonyl (C=O) groups is 1. The predicted octanol–water partition coefficient (Wildman–Crippen LogP) is 3.49. The van der Waals surface area contributed by atoms with Gasteiger partial charge in [-0.2, -0.15) is 0 Å². The molecule has 0 radical (unpaired) electrons. The Morgan fingerprint density at radius 1 is 0.960 bits per heavy atom. The monoisotopic (exact) mass is 362 g/mol. The first kappa shape index (κ1) is 18.8. The van der Waals surface area contributed by atoms with Gasteiger partial charge in [0, 0.05) is 16.9 Å². The third kappa shape index (κ3) is 5.79. The summed E-state index contributed by atoms with van der Waals surface area (Å²) in [6.07, 6.45) is 0.547. The van der Waals surface area contributed by atoms with Crippen LogP contribution in [0.4, 0.5) is 11.4 Å². The van der Waals surface area contributed by atoms with Crippen LogP contribution in [-0.4, -0.2) is 26.7 Å². The molecule has 0 aliphatic rings. The van der Waals surface area contributed by atoms with E-state index in [0.717, 1.165) is 0 Å². The topological polar surface area (TPSA) is 84.5 Å². The molecule has 2 rings (SSSR count). The van der Waals surface area contributed by atoms with E-state index in [9.17, 15) is 13.2 Å². The number of hydrogen-bond donors (Lipinski definition) is 2. The third-order valence-electron chi connectivity index (χ3n) is 3.32. The molecule has 1 amide bonds. The maximum absolute atomic E-state index is 12.2. The maximum atomic E-state index is 12.2. The molecule has 0 saturated heterocycles. The largest absolute Gasteiger partial charge is 0.494 e. The van der Waals surface area contributed by atoms with Crippen molar-refractivity contribution in [3.63, 3.8) is 0 Å². The number of anilines is 2. The van der Waals surface area contributed by atoms with E-state index < -0.39 is 10.0 Å². The minimum absolute atomic E-state index is 0.0726. The zero-order chi connectivity index (χ0) is 18.3. The van der Waals surface area contributed by atoms with Gasteiger partial charge in [0.15, 0.2) is 0 Å².